The number of rotatable bonds is 4. The summed E-state index contributed by atoms with van der Waals surface area (Å²) in [5.41, 5.74) is 1.38. The molecule has 2 heterocycles. The number of anilines is 1. The molecule has 0 unspecified atom stereocenters. The van der Waals surface area contributed by atoms with Gasteiger partial charge in [0.15, 0.2) is 0 Å². The molecule has 158 valence electrons. The van der Waals surface area contributed by atoms with Gasteiger partial charge in [-0.1, -0.05) is 22.0 Å². The lowest BCUT2D eigenvalue weighted by Crippen LogP contribution is -2.50. The number of ether oxygens (including phenoxy) is 1. The van der Waals surface area contributed by atoms with Gasteiger partial charge in [0, 0.05) is 41.3 Å². The maximum absolute atomic E-state index is 12.9. The third-order valence-electron chi connectivity index (χ3n) is 5.30. The fourth-order valence-electron chi connectivity index (χ4n) is 3.81. The van der Waals surface area contributed by atoms with Crippen LogP contribution in [0.25, 0.3) is 0 Å². The summed E-state index contributed by atoms with van der Waals surface area (Å²) in [7, 11) is -3.86. The standard InChI is InChI=1S/C19H18BrN3O6S/c20-14-4-5-18-13(10-14)12-29-19(24)22(18)15-6-8-21(9-7-15)30(27,28)17-3-1-2-16(11-17)23(25)26/h1-5,10-11,15H,6-9,12H2. The minimum absolute atomic E-state index is 0.109. The van der Waals surface area contributed by atoms with Gasteiger partial charge in [0.2, 0.25) is 10.0 Å². The van der Waals surface area contributed by atoms with Crippen LogP contribution in [0.4, 0.5) is 16.2 Å². The first-order valence-electron chi connectivity index (χ1n) is 9.26. The van der Waals surface area contributed by atoms with Gasteiger partial charge in [-0.15, -0.1) is 0 Å². The number of carbonyl (C=O) groups excluding carboxylic acids is 1. The molecular formula is C19H18BrN3O6S. The molecule has 1 fully saturated rings. The second kappa shape index (κ2) is 7.97. The van der Waals surface area contributed by atoms with E-state index in [2.05, 4.69) is 15.9 Å². The molecule has 30 heavy (non-hydrogen) atoms. The maximum atomic E-state index is 12.9. The molecule has 11 heteroatoms. The first-order chi connectivity index (χ1) is 14.3. The number of amides is 1. The van der Waals surface area contributed by atoms with Crippen LogP contribution in [0, 0.1) is 10.1 Å². The molecule has 2 aromatic carbocycles. The Balaban J connectivity index is 1.52. The minimum Gasteiger partial charge on any atom is -0.444 e. The van der Waals surface area contributed by atoms with E-state index < -0.39 is 21.0 Å². The van der Waals surface area contributed by atoms with Crippen LogP contribution >= 0.6 is 15.9 Å². The largest absolute Gasteiger partial charge is 0.444 e. The van der Waals surface area contributed by atoms with Crippen molar-refractivity contribution in [2.45, 2.75) is 30.4 Å². The van der Waals surface area contributed by atoms with Crippen molar-refractivity contribution in [1.82, 2.24) is 4.31 Å². The molecule has 4 rings (SSSR count). The summed E-state index contributed by atoms with van der Waals surface area (Å²) in [4.78, 5) is 24.3. The Bertz CT molecular complexity index is 1120. The van der Waals surface area contributed by atoms with Gasteiger partial charge in [0.1, 0.15) is 6.61 Å². The second-order valence-corrected chi connectivity index (χ2v) is 9.94. The molecule has 0 saturated carbocycles. The summed E-state index contributed by atoms with van der Waals surface area (Å²) < 4.78 is 33.4. The van der Waals surface area contributed by atoms with Crippen molar-refractivity contribution in [3.8, 4) is 0 Å². The number of halogens is 1. The van der Waals surface area contributed by atoms with E-state index in [-0.39, 0.29) is 36.3 Å². The van der Waals surface area contributed by atoms with Crippen molar-refractivity contribution in [3.63, 3.8) is 0 Å². The van der Waals surface area contributed by atoms with Crippen LogP contribution in [0.5, 0.6) is 0 Å². The SMILES string of the molecule is O=C1OCc2cc(Br)ccc2N1C1CCN(S(=O)(=O)c2cccc([N+](=O)[O-])c2)CC1. The molecule has 0 bridgehead atoms. The van der Waals surface area contributed by atoms with Gasteiger partial charge in [-0.05, 0) is 37.1 Å². The van der Waals surface area contributed by atoms with Gasteiger partial charge in [-0.2, -0.15) is 4.31 Å². The Kier molecular flexibility index (Phi) is 5.51. The lowest BCUT2D eigenvalue weighted by atomic mass is 10.0. The van der Waals surface area contributed by atoms with E-state index in [1.54, 1.807) is 4.90 Å². The highest BCUT2D eigenvalue weighted by Gasteiger charge is 2.37. The minimum atomic E-state index is -3.86. The van der Waals surface area contributed by atoms with Crippen molar-refractivity contribution in [3.05, 3.63) is 62.6 Å². The Hall–Kier alpha value is -2.50. The van der Waals surface area contributed by atoms with Gasteiger partial charge in [0.25, 0.3) is 5.69 Å². The number of nitrogens with zero attached hydrogens (tertiary/aromatic N) is 3. The first-order valence-corrected chi connectivity index (χ1v) is 11.5. The third-order valence-corrected chi connectivity index (χ3v) is 7.69. The monoisotopic (exact) mass is 495 g/mol. The summed E-state index contributed by atoms with van der Waals surface area (Å²) in [5.74, 6) is 0. The van der Waals surface area contributed by atoms with Gasteiger partial charge >= 0.3 is 6.09 Å². The van der Waals surface area contributed by atoms with Crippen molar-refractivity contribution >= 4 is 43.4 Å². The molecule has 2 aliphatic rings. The van der Waals surface area contributed by atoms with Crippen LogP contribution in [0.3, 0.4) is 0 Å². The van der Waals surface area contributed by atoms with E-state index in [1.165, 1.54) is 22.5 Å². The zero-order chi connectivity index (χ0) is 21.5. The van der Waals surface area contributed by atoms with E-state index >= 15 is 0 Å². The molecule has 0 atom stereocenters. The number of cyclic esters (lactones) is 1. The van der Waals surface area contributed by atoms with Crippen LogP contribution in [-0.4, -0.2) is 42.9 Å². The smallest absolute Gasteiger partial charge is 0.414 e. The highest BCUT2D eigenvalue weighted by atomic mass is 79.9. The molecule has 2 aromatic rings. The van der Waals surface area contributed by atoms with Crippen LogP contribution in [0.1, 0.15) is 18.4 Å². The Morgan fingerprint density at radius 2 is 1.87 bits per heavy atom. The number of hydrogen-bond acceptors (Lipinski definition) is 6. The van der Waals surface area contributed by atoms with Crippen LogP contribution < -0.4 is 4.90 Å². The topological polar surface area (TPSA) is 110 Å². The zero-order valence-electron chi connectivity index (χ0n) is 15.7. The molecule has 0 aromatic heterocycles. The molecule has 2 aliphatic heterocycles. The number of fused-ring (bicyclic) bond motifs is 1. The predicted octanol–water partition coefficient (Wildman–Crippen LogP) is 3.67. The fourth-order valence-corrected chi connectivity index (χ4v) is 5.72. The van der Waals surface area contributed by atoms with Crippen molar-refractivity contribution < 1.29 is 22.9 Å². The van der Waals surface area contributed by atoms with Crippen molar-refractivity contribution in [2.75, 3.05) is 18.0 Å². The molecule has 1 saturated heterocycles. The molecule has 0 N–H and O–H groups in total. The van der Waals surface area contributed by atoms with Gasteiger partial charge in [0.05, 0.1) is 15.5 Å². The average Bonchev–Trinajstić information content (AvgIpc) is 2.74. The highest BCUT2D eigenvalue weighted by molar-refractivity contribution is 9.10. The van der Waals surface area contributed by atoms with E-state index in [0.29, 0.717) is 12.8 Å². The molecule has 9 nitrogen and oxygen atoms in total. The number of benzene rings is 2. The Labute approximate surface area is 181 Å². The number of non-ortho nitro benzene ring substituents is 1. The van der Waals surface area contributed by atoms with Gasteiger partial charge in [-0.25, -0.2) is 13.2 Å². The summed E-state index contributed by atoms with van der Waals surface area (Å²) >= 11 is 3.41. The third kappa shape index (κ3) is 3.80. The fraction of sp³-hybridized carbons (Fsp3) is 0.316. The van der Waals surface area contributed by atoms with Crippen LogP contribution in [-0.2, 0) is 21.4 Å². The summed E-state index contributed by atoms with van der Waals surface area (Å²) in [6, 6.07) is 10.4. The highest BCUT2D eigenvalue weighted by Crippen LogP contribution is 2.34. The number of piperidine rings is 1. The van der Waals surface area contributed by atoms with Crippen molar-refractivity contribution in [2.24, 2.45) is 0 Å². The van der Waals surface area contributed by atoms with E-state index in [4.69, 9.17) is 4.74 Å². The Morgan fingerprint density at radius 3 is 2.57 bits per heavy atom. The van der Waals surface area contributed by atoms with Crippen LogP contribution in [0.2, 0.25) is 0 Å². The molecular weight excluding hydrogens is 478 g/mol. The van der Waals surface area contributed by atoms with E-state index in [9.17, 15) is 23.3 Å². The summed E-state index contributed by atoms with van der Waals surface area (Å²) in [6.45, 7) is 0.598. The average molecular weight is 496 g/mol. The van der Waals surface area contributed by atoms with Crippen LogP contribution in [0.15, 0.2) is 51.8 Å². The number of hydrogen-bond donors (Lipinski definition) is 0. The maximum Gasteiger partial charge on any atom is 0.414 e. The lowest BCUT2D eigenvalue weighted by Gasteiger charge is -2.39. The quantitative estimate of drug-likeness (QED) is 0.472. The molecule has 1 amide bonds. The second-order valence-electron chi connectivity index (χ2n) is 7.09. The predicted molar refractivity (Wildman–Crippen MR) is 112 cm³/mol. The first kappa shape index (κ1) is 20.8. The molecule has 0 aliphatic carbocycles. The van der Waals surface area contributed by atoms with E-state index in [0.717, 1.165) is 21.8 Å². The number of nitro benzene ring substituents is 1. The van der Waals surface area contributed by atoms with Gasteiger partial charge in [-0.3, -0.25) is 15.0 Å². The zero-order valence-corrected chi connectivity index (χ0v) is 18.1. The number of sulfonamides is 1. The number of nitro groups is 1. The lowest BCUT2D eigenvalue weighted by molar-refractivity contribution is -0.385. The van der Waals surface area contributed by atoms with Crippen molar-refractivity contribution in [1.29, 1.82) is 0 Å². The van der Waals surface area contributed by atoms with Gasteiger partial charge < -0.3 is 4.74 Å². The Morgan fingerprint density at radius 1 is 1.13 bits per heavy atom. The molecule has 0 spiro atoms. The number of carbonyl (C=O) groups is 1. The van der Waals surface area contributed by atoms with E-state index in [1.807, 2.05) is 18.2 Å². The normalized spacial score (nSPS) is 18.0. The summed E-state index contributed by atoms with van der Waals surface area (Å²) in [5, 5.41) is 11.0. The summed E-state index contributed by atoms with van der Waals surface area (Å²) in [6.07, 6.45) is 0.419. The molecule has 0 radical (unpaired) electrons.